The van der Waals surface area contributed by atoms with Gasteiger partial charge in [-0.1, -0.05) is 18.2 Å². The fraction of sp³-hybridized carbons (Fsp3) is 0.111. The van der Waals surface area contributed by atoms with E-state index in [9.17, 15) is 9.18 Å². The van der Waals surface area contributed by atoms with Gasteiger partial charge in [-0.25, -0.2) is 4.39 Å². The van der Waals surface area contributed by atoms with Crippen LogP contribution in [0.2, 0.25) is 0 Å². The van der Waals surface area contributed by atoms with E-state index in [1.54, 1.807) is 6.07 Å². The van der Waals surface area contributed by atoms with Gasteiger partial charge in [0, 0.05) is 24.7 Å². The van der Waals surface area contributed by atoms with Crippen molar-refractivity contribution >= 4 is 27.7 Å². The quantitative estimate of drug-likeness (QED) is 0.606. The number of nitrogens with zero attached hydrogens (tertiary/aromatic N) is 2. The van der Waals surface area contributed by atoms with E-state index in [-0.39, 0.29) is 11.7 Å². The molecule has 2 N–H and O–H groups in total. The Morgan fingerprint density at radius 3 is 3.00 bits per heavy atom. The minimum Gasteiger partial charge on any atom is -0.349 e. The molecular formula is C18H15FN4O. The van der Waals surface area contributed by atoms with Gasteiger partial charge < -0.3 is 9.88 Å². The molecule has 2 aromatic heterocycles. The molecule has 0 fully saturated rings. The first kappa shape index (κ1) is 14.4. The molecule has 2 heterocycles. The third-order valence-electron chi connectivity index (χ3n) is 4.06. The Balaban J connectivity index is 1.47. The summed E-state index contributed by atoms with van der Waals surface area (Å²) < 4.78 is 15.3. The predicted octanol–water partition coefficient (Wildman–Crippen LogP) is 3.09. The number of para-hydroxylation sites is 1. The van der Waals surface area contributed by atoms with E-state index in [4.69, 9.17) is 0 Å². The number of carbonyl (C=O) groups is 1. The number of carbonyl (C=O) groups excluding carboxylic acids is 1. The molecule has 0 bridgehead atoms. The minimum atomic E-state index is -0.269. The minimum absolute atomic E-state index is 0.227. The molecule has 4 aromatic rings. The summed E-state index contributed by atoms with van der Waals surface area (Å²) in [5, 5.41) is 11.6. The number of nitrogens with one attached hydrogen (secondary N) is 2. The average Bonchev–Trinajstić information content (AvgIpc) is 3.19. The van der Waals surface area contributed by atoms with Gasteiger partial charge in [0.05, 0.1) is 11.0 Å². The SMILES string of the molecule is O=C(NCCn1ccc2ccc(F)cc21)c1n[nH]c2ccccc12. The molecule has 24 heavy (non-hydrogen) atoms. The largest absolute Gasteiger partial charge is 0.349 e. The van der Waals surface area contributed by atoms with Crippen molar-refractivity contribution < 1.29 is 9.18 Å². The number of aromatic nitrogens is 3. The van der Waals surface area contributed by atoms with Crippen LogP contribution < -0.4 is 5.32 Å². The lowest BCUT2D eigenvalue weighted by atomic mass is 10.2. The van der Waals surface area contributed by atoms with Crippen LogP contribution in [0.1, 0.15) is 10.5 Å². The fourth-order valence-corrected chi connectivity index (χ4v) is 2.86. The number of hydrogen-bond donors (Lipinski definition) is 2. The Kier molecular flexibility index (Phi) is 3.49. The number of rotatable bonds is 4. The van der Waals surface area contributed by atoms with Gasteiger partial charge in [-0.15, -0.1) is 0 Å². The Hall–Kier alpha value is -3.15. The average molecular weight is 322 g/mol. The summed E-state index contributed by atoms with van der Waals surface area (Å²) in [5.41, 5.74) is 2.03. The highest BCUT2D eigenvalue weighted by molar-refractivity contribution is 6.04. The van der Waals surface area contributed by atoms with Crippen molar-refractivity contribution in [1.82, 2.24) is 20.1 Å². The molecule has 0 aliphatic carbocycles. The van der Waals surface area contributed by atoms with Crippen LogP contribution in [0.3, 0.4) is 0 Å². The number of fused-ring (bicyclic) bond motifs is 2. The molecule has 1 amide bonds. The molecule has 0 saturated carbocycles. The highest BCUT2D eigenvalue weighted by Gasteiger charge is 2.13. The Bertz CT molecular complexity index is 1030. The zero-order chi connectivity index (χ0) is 16.5. The summed E-state index contributed by atoms with van der Waals surface area (Å²) in [7, 11) is 0. The maximum atomic E-state index is 13.4. The second-order valence-corrected chi connectivity index (χ2v) is 5.59. The van der Waals surface area contributed by atoms with Gasteiger partial charge in [0.25, 0.3) is 5.91 Å². The lowest BCUT2D eigenvalue weighted by molar-refractivity contribution is 0.0949. The number of amides is 1. The second-order valence-electron chi connectivity index (χ2n) is 5.59. The molecule has 0 spiro atoms. The van der Waals surface area contributed by atoms with E-state index in [1.165, 1.54) is 12.1 Å². The van der Waals surface area contributed by atoms with Crippen molar-refractivity contribution in [2.75, 3.05) is 6.54 Å². The summed E-state index contributed by atoms with van der Waals surface area (Å²) in [6.07, 6.45) is 1.89. The van der Waals surface area contributed by atoms with Crippen molar-refractivity contribution in [3.8, 4) is 0 Å². The number of aromatic amines is 1. The molecule has 6 heteroatoms. The topological polar surface area (TPSA) is 62.7 Å². The standard InChI is InChI=1S/C18H15FN4O/c19-13-6-5-12-7-9-23(16(12)11-13)10-8-20-18(24)17-14-3-1-2-4-15(14)21-22-17/h1-7,9,11H,8,10H2,(H,20,24)(H,21,22). The molecule has 120 valence electrons. The Labute approximate surface area is 137 Å². The van der Waals surface area contributed by atoms with E-state index in [0.717, 1.165) is 21.8 Å². The Morgan fingerprint density at radius 1 is 1.21 bits per heavy atom. The third-order valence-corrected chi connectivity index (χ3v) is 4.06. The molecule has 0 radical (unpaired) electrons. The van der Waals surface area contributed by atoms with Crippen molar-refractivity contribution in [2.45, 2.75) is 6.54 Å². The summed E-state index contributed by atoms with van der Waals surface area (Å²) in [5.74, 6) is -0.496. The zero-order valence-electron chi connectivity index (χ0n) is 12.8. The van der Waals surface area contributed by atoms with Crippen LogP contribution in [-0.4, -0.2) is 27.2 Å². The highest BCUT2D eigenvalue weighted by Crippen LogP contribution is 2.17. The van der Waals surface area contributed by atoms with Crippen LogP contribution in [0.15, 0.2) is 54.7 Å². The first-order chi connectivity index (χ1) is 11.7. The summed E-state index contributed by atoms with van der Waals surface area (Å²) in [6.45, 7) is 0.987. The van der Waals surface area contributed by atoms with Gasteiger partial charge in [-0.05, 0) is 35.7 Å². The van der Waals surface area contributed by atoms with Gasteiger partial charge in [0.2, 0.25) is 0 Å². The molecule has 2 aromatic carbocycles. The van der Waals surface area contributed by atoms with E-state index in [1.807, 2.05) is 41.1 Å². The van der Waals surface area contributed by atoms with E-state index < -0.39 is 0 Å². The normalized spacial score (nSPS) is 11.2. The van der Waals surface area contributed by atoms with Gasteiger partial charge in [-0.2, -0.15) is 5.10 Å². The number of hydrogen-bond acceptors (Lipinski definition) is 2. The van der Waals surface area contributed by atoms with Gasteiger partial charge in [-0.3, -0.25) is 9.89 Å². The zero-order valence-corrected chi connectivity index (χ0v) is 12.8. The van der Waals surface area contributed by atoms with Crippen molar-refractivity contribution in [3.63, 3.8) is 0 Å². The number of halogens is 1. The van der Waals surface area contributed by atoms with Crippen molar-refractivity contribution in [3.05, 3.63) is 66.2 Å². The molecule has 0 atom stereocenters. The summed E-state index contributed by atoms with van der Waals surface area (Å²) in [6, 6.07) is 14.1. The summed E-state index contributed by atoms with van der Waals surface area (Å²) >= 11 is 0. The number of H-pyrrole nitrogens is 1. The van der Waals surface area contributed by atoms with Crippen LogP contribution in [0.25, 0.3) is 21.8 Å². The molecular weight excluding hydrogens is 307 g/mol. The fourth-order valence-electron chi connectivity index (χ4n) is 2.86. The molecule has 4 rings (SSSR count). The van der Waals surface area contributed by atoms with E-state index in [2.05, 4.69) is 15.5 Å². The lowest BCUT2D eigenvalue weighted by Crippen LogP contribution is -2.27. The maximum Gasteiger partial charge on any atom is 0.272 e. The third kappa shape index (κ3) is 2.52. The van der Waals surface area contributed by atoms with Crippen molar-refractivity contribution in [1.29, 1.82) is 0 Å². The van der Waals surface area contributed by atoms with Crippen LogP contribution in [0, 0.1) is 5.82 Å². The predicted molar refractivity (Wildman–Crippen MR) is 90.3 cm³/mol. The lowest BCUT2D eigenvalue weighted by Gasteiger charge is -2.07. The smallest absolute Gasteiger partial charge is 0.272 e. The maximum absolute atomic E-state index is 13.4. The molecule has 0 saturated heterocycles. The van der Waals surface area contributed by atoms with Gasteiger partial charge in [0.1, 0.15) is 5.82 Å². The van der Waals surface area contributed by atoms with Crippen LogP contribution in [-0.2, 0) is 6.54 Å². The van der Waals surface area contributed by atoms with Crippen LogP contribution >= 0.6 is 0 Å². The van der Waals surface area contributed by atoms with Gasteiger partial charge in [0.15, 0.2) is 5.69 Å². The van der Waals surface area contributed by atoms with Gasteiger partial charge >= 0.3 is 0 Å². The second kappa shape index (κ2) is 5.81. The molecule has 0 aliphatic rings. The Morgan fingerprint density at radius 2 is 2.08 bits per heavy atom. The first-order valence-electron chi connectivity index (χ1n) is 7.68. The first-order valence-corrected chi connectivity index (χ1v) is 7.68. The van der Waals surface area contributed by atoms with E-state index in [0.29, 0.717) is 18.8 Å². The van der Waals surface area contributed by atoms with Crippen LogP contribution in [0.5, 0.6) is 0 Å². The van der Waals surface area contributed by atoms with Crippen LogP contribution in [0.4, 0.5) is 4.39 Å². The molecule has 0 aliphatic heterocycles. The summed E-state index contributed by atoms with van der Waals surface area (Å²) in [4.78, 5) is 12.3. The van der Waals surface area contributed by atoms with E-state index >= 15 is 0 Å². The van der Waals surface area contributed by atoms with Crippen molar-refractivity contribution in [2.24, 2.45) is 0 Å². The number of benzene rings is 2. The molecule has 5 nitrogen and oxygen atoms in total. The molecule has 0 unspecified atom stereocenters. The highest BCUT2D eigenvalue weighted by atomic mass is 19.1. The monoisotopic (exact) mass is 322 g/mol.